The standard InChI is InChI=1S/C9H24N2OSi/c1-5-12-13(3,4)7-9(6-10)8(2)11/h8-9H,5-7,10-11H2,1-4H3. The summed E-state index contributed by atoms with van der Waals surface area (Å²) in [6, 6.07) is 1.24. The molecule has 80 valence electrons. The molecule has 0 rings (SSSR count). The molecule has 4 heteroatoms. The second-order valence-corrected chi connectivity index (χ2v) is 8.47. The molecule has 0 aromatic heterocycles. The van der Waals surface area contributed by atoms with E-state index in [0.29, 0.717) is 12.5 Å². The van der Waals surface area contributed by atoms with E-state index in [1.807, 2.05) is 13.8 Å². The van der Waals surface area contributed by atoms with Gasteiger partial charge in [-0.3, -0.25) is 0 Å². The van der Waals surface area contributed by atoms with Gasteiger partial charge in [0.2, 0.25) is 0 Å². The van der Waals surface area contributed by atoms with Gasteiger partial charge in [0, 0.05) is 12.6 Å². The zero-order valence-electron chi connectivity index (χ0n) is 9.34. The van der Waals surface area contributed by atoms with Crippen LogP contribution in [-0.2, 0) is 4.43 Å². The summed E-state index contributed by atoms with van der Waals surface area (Å²) in [5.41, 5.74) is 11.5. The van der Waals surface area contributed by atoms with Crippen LogP contribution in [0, 0.1) is 5.92 Å². The summed E-state index contributed by atoms with van der Waals surface area (Å²) in [5.74, 6) is 0.410. The van der Waals surface area contributed by atoms with E-state index in [1.54, 1.807) is 0 Å². The van der Waals surface area contributed by atoms with Crippen molar-refractivity contribution in [3.8, 4) is 0 Å². The molecule has 3 nitrogen and oxygen atoms in total. The molecule has 0 bridgehead atoms. The quantitative estimate of drug-likeness (QED) is 0.638. The van der Waals surface area contributed by atoms with Gasteiger partial charge >= 0.3 is 0 Å². The summed E-state index contributed by atoms with van der Waals surface area (Å²) in [4.78, 5) is 0. The zero-order chi connectivity index (χ0) is 10.5. The van der Waals surface area contributed by atoms with Crippen LogP contribution in [0.25, 0.3) is 0 Å². The van der Waals surface area contributed by atoms with Gasteiger partial charge in [-0.05, 0) is 45.4 Å². The van der Waals surface area contributed by atoms with E-state index in [4.69, 9.17) is 15.9 Å². The Labute approximate surface area is 83.0 Å². The second-order valence-electron chi connectivity index (χ2n) is 4.25. The van der Waals surface area contributed by atoms with Crippen molar-refractivity contribution in [2.24, 2.45) is 17.4 Å². The minimum absolute atomic E-state index is 0.178. The van der Waals surface area contributed by atoms with Crippen molar-refractivity contribution >= 4 is 8.32 Å². The van der Waals surface area contributed by atoms with Crippen molar-refractivity contribution in [1.82, 2.24) is 0 Å². The van der Waals surface area contributed by atoms with Crippen molar-refractivity contribution in [3.63, 3.8) is 0 Å². The van der Waals surface area contributed by atoms with Crippen LogP contribution in [0.5, 0.6) is 0 Å². The summed E-state index contributed by atoms with van der Waals surface area (Å²) < 4.78 is 5.74. The van der Waals surface area contributed by atoms with Crippen molar-refractivity contribution in [2.45, 2.75) is 39.0 Å². The average molecular weight is 204 g/mol. The highest BCUT2D eigenvalue weighted by molar-refractivity contribution is 6.71. The Bertz CT molecular complexity index is 140. The Morgan fingerprint density at radius 2 is 1.92 bits per heavy atom. The lowest BCUT2D eigenvalue weighted by Crippen LogP contribution is -2.41. The Morgan fingerprint density at radius 1 is 1.38 bits per heavy atom. The molecule has 0 aliphatic rings. The van der Waals surface area contributed by atoms with Crippen LogP contribution in [0.2, 0.25) is 19.1 Å². The first-order valence-corrected chi connectivity index (χ1v) is 8.14. The molecular weight excluding hydrogens is 180 g/mol. The van der Waals surface area contributed by atoms with Gasteiger partial charge in [0.15, 0.2) is 8.32 Å². The topological polar surface area (TPSA) is 61.3 Å². The molecule has 0 heterocycles. The summed E-state index contributed by atoms with van der Waals surface area (Å²) in [6.45, 7) is 9.98. The van der Waals surface area contributed by atoms with Crippen LogP contribution in [0.15, 0.2) is 0 Å². The van der Waals surface area contributed by atoms with Crippen LogP contribution in [0.1, 0.15) is 13.8 Å². The first-order valence-electron chi connectivity index (χ1n) is 5.02. The van der Waals surface area contributed by atoms with Gasteiger partial charge in [-0.1, -0.05) is 0 Å². The highest BCUT2D eigenvalue weighted by Crippen LogP contribution is 2.19. The molecular formula is C9H24N2OSi. The molecule has 0 aliphatic carbocycles. The Kier molecular flexibility index (Phi) is 5.79. The van der Waals surface area contributed by atoms with E-state index in [0.717, 1.165) is 12.7 Å². The van der Waals surface area contributed by atoms with Crippen LogP contribution >= 0.6 is 0 Å². The van der Waals surface area contributed by atoms with Crippen molar-refractivity contribution in [1.29, 1.82) is 0 Å². The number of nitrogens with two attached hydrogens (primary N) is 2. The zero-order valence-corrected chi connectivity index (χ0v) is 10.3. The predicted molar refractivity (Wildman–Crippen MR) is 60.1 cm³/mol. The normalized spacial score (nSPS) is 17.1. The van der Waals surface area contributed by atoms with Crippen LogP contribution in [-0.4, -0.2) is 27.5 Å². The number of rotatable bonds is 6. The third kappa shape index (κ3) is 5.41. The van der Waals surface area contributed by atoms with E-state index in [-0.39, 0.29) is 6.04 Å². The molecule has 0 aliphatic heterocycles. The molecule has 0 fully saturated rings. The van der Waals surface area contributed by atoms with Gasteiger partial charge in [0.1, 0.15) is 0 Å². The molecule has 2 atom stereocenters. The van der Waals surface area contributed by atoms with E-state index in [2.05, 4.69) is 13.1 Å². The molecule has 0 amide bonds. The summed E-state index contributed by atoms with van der Waals surface area (Å²) in [7, 11) is -1.51. The lowest BCUT2D eigenvalue weighted by atomic mass is 10.1. The minimum atomic E-state index is -1.51. The Hall–Kier alpha value is 0.0969. The van der Waals surface area contributed by atoms with Crippen LogP contribution in [0.3, 0.4) is 0 Å². The van der Waals surface area contributed by atoms with E-state index in [1.165, 1.54) is 0 Å². The molecule has 13 heavy (non-hydrogen) atoms. The maximum Gasteiger partial charge on any atom is 0.187 e. The minimum Gasteiger partial charge on any atom is -0.418 e. The van der Waals surface area contributed by atoms with Gasteiger partial charge in [-0.25, -0.2) is 0 Å². The molecule has 4 N–H and O–H groups in total. The third-order valence-corrected chi connectivity index (χ3v) is 4.91. The third-order valence-electron chi connectivity index (χ3n) is 2.34. The van der Waals surface area contributed by atoms with E-state index < -0.39 is 8.32 Å². The Balaban J connectivity index is 4.05. The summed E-state index contributed by atoms with van der Waals surface area (Å²) >= 11 is 0. The second kappa shape index (κ2) is 5.75. The molecule has 0 radical (unpaired) electrons. The van der Waals surface area contributed by atoms with E-state index in [9.17, 15) is 0 Å². The maximum atomic E-state index is 5.84. The number of hydrogen-bond donors (Lipinski definition) is 2. The Morgan fingerprint density at radius 3 is 2.23 bits per heavy atom. The highest BCUT2D eigenvalue weighted by atomic mass is 28.4. The first kappa shape index (κ1) is 13.1. The molecule has 2 unspecified atom stereocenters. The van der Waals surface area contributed by atoms with Gasteiger partial charge in [0.25, 0.3) is 0 Å². The van der Waals surface area contributed by atoms with Crippen molar-refractivity contribution in [3.05, 3.63) is 0 Å². The van der Waals surface area contributed by atoms with Gasteiger partial charge in [0.05, 0.1) is 0 Å². The van der Waals surface area contributed by atoms with Crippen molar-refractivity contribution in [2.75, 3.05) is 13.2 Å². The molecule has 0 aromatic rings. The van der Waals surface area contributed by atoms with Gasteiger partial charge in [-0.15, -0.1) is 0 Å². The fourth-order valence-corrected chi connectivity index (χ4v) is 4.27. The van der Waals surface area contributed by atoms with E-state index >= 15 is 0 Å². The first-order chi connectivity index (χ1) is 5.93. The molecule has 0 spiro atoms. The predicted octanol–water partition coefficient (Wildman–Crippen LogP) is 1.15. The van der Waals surface area contributed by atoms with Crippen LogP contribution < -0.4 is 11.5 Å². The SMILES string of the molecule is CCO[Si](C)(C)CC(CN)C(C)N. The summed E-state index contributed by atoms with van der Waals surface area (Å²) in [5, 5.41) is 0. The smallest absolute Gasteiger partial charge is 0.187 e. The van der Waals surface area contributed by atoms with Gasteiger partial charge in [-0.2, -0.15) is 0 Å². The number of hydrogen-bond acceptors (Lipinski definition) is 3. The fourth-order valence-electron chi connectivity index (χ4n) is 1.56. The van der Waals surface area contributed by atoms with Crippen molar-refractivity contribution < 1.29 is 4.43 Å². The summed E-state index contributed by atoms with van der Waals surface area (Å²) in [6.07, 6.45) is 0. The molecule has 0 saturated heterocycles. The molecule has 0 saturated carbocycles. The molecule has 0 aromatic carbocycles. The van der Waals surface area contributed by atoms with Gasteiger partial charge < -0.3 is 15.9 Å². The fraction of sp³-hybridized carbons (Fsp3) is 1.00. The lowest BCUT2D eigenvalue weighted by molar-refractivity contribution is 0.318. The lowest BCUT2D eigenvalue weighted by Gasteiger charge is -2.28. The van der Waals surface area contributed by atoms with Crippen LogP contribution in [0.4, 0.5) is 0 Å². The average Bonchev–Trinajstić information content (AvgIpc) is 1.99. The maximum absolute atomic E-state index is 5.84. The largest absolute Gasteiger partial charge is 0.418 e. The highest BCUT2D eigenvalue weighted by Gasteiger charge is 2.27. The monoisotopic (exact) mass is 204 g/mol.